The van der Waals surface area contributed by atoms with Crippen molar-refractivity contribution in [1.82, 2.24) is 4.98 Å². The van der Waals surface area contributed by atoms with Gasteiger partial charge >= 0.3 is 7.60 Å². The third-order valence-electron chi connectivity index (χ3n) is 4.66. The molecule has 154 valence electrons. The highest BCUT2D eigenvalue weighted by molar-refractivity contribution is 7.55. The van der Waals surface area contributed by atoms with Crippen LogP contribution in [-0.4, -0.2) is 15.7 Å². The van der Waals surface area contributed by atoms with Crippen molar-refractivity contribution >= 4 is 13.3 Å². The van der Waals surface area contributed by atoms with Crippen molar-refractivity contribution in [2.24, 2.45) is 0 Å². The van der Waals surface area contributed by atoms with E-state index in [2.05, 4.69) is 10.5 Å². The van der Waals surface area contributed by atoms with Gasteiger partial charge in [0.05, 0.1) is 17.5 Å². The van der Waals surface area contributed by atoms with Gasteiger partial charge in [-0.2, -0.15) is 4.62 Å². The zero-order valence-electron chi connectivity index (χ0n) is 17.5. The lowest BCUT2D eigenvalue weighted by Gasteiger charge is -2.27. The van der Waals surface area contributed by atoms with Crippen molar-refractivity contribution < 1.29 is 18.8 Å². The number of pyridine rings is 1. The Hall–Kier alpha value is -2.04. The van der Waals surface area contributed by atoms with E-state index in [1.807, 2.05) is 34.6 Å². The minimum Gasteiger partial charge on any atom is -0.507 e. The summed E-state index contributed by atoms with van der Waals surface area (Å²) in [6.07, 6.45) is 4.52. The number of hydrogen-bond acceptors (Lipinski definition) is 6. The second kappa shape index (κ2) is 8.97. The van der Waals surface area contributed by atoms with Gasteiger partial charge in [-0.3, -0.25) is 10.5 Å². The summed E-state index contributed by atoms with van der Waals surface area (Å²) in [5.41, 5.74) is 4.15. The minimum atomic E-state index is -3.54. The summed E-state index contributed by atoms with van der Waals surface area (Å²) in [6.45, 7) is 11.7. The number of aryl methyl sites for hydroxylation is 1. The number of nitrogens with zero attached hydrogens (tertiary/aromatic N) is 1. The Labute approximate surface area is 167 Å². The van der Waals surface area contributed by atoms with E-state index in [9.17, 15) is 9.67 Å². The van der Waals surface area contributed by atoms with Crippen molar-refractivity contribution in [3.63, 3.8) is 0 Å². The molecule has 1 aromatic heterocycles. The molecule has 7 heteroatoms. The van der Waals surface area contributed by atoms with Crippen molar-refractivity contribution in [3.05, 3.63) is 47.8 Å². The molecule has 28 heavy (non-hydrogen) atoms. The lowest BCUT2D eigenvalue weighted by atomic mass is 9.85. The fourth-order valence-electron chi connectivity index (χ4n) is 2.96. The topological polar surface area (TPSA) is 80.7 Å². The molecule has 0 fully saturated rings. The molecular formula is C21H31N2O4P. The predicted molar refractivity (Wildman–Crippen MR) is 113 cm³/mol. The summed E-state index contributed by atoms with van der Waals surface area (Å²) in [5.74, 6) is 0.648. The SMILES string of the molecule is CCC(CC)P(=O)(ONc1cccnc1)Oc1cc(C)c(O)c(C(C)(C)C)c1. The molecule has 1 atom stereocenters. The number of aromatic nitrogens is 1. The molecule has 0 bridgehead atoms. The Balaban J connectivity index is 2.37. The number of aromatic hydroxyl groups is 1. The molecule has 0 aliphatic carbocycles. The van der Waals surface area contributed by atoms with Gasteiger partial charge in [0.2, 0.25) is 0 Å². The predicted octanol–water partition coefficient (Wildman–Crippen LogP) is 6.20. The van der Waals surface area contributed by atoms with Crippen LogP contribution in [0, 0.1) is 6.92 Å². The normalized spacial score (nSPS) is 14.0. The highest BCUT2D eigenvalue weighted by atomic mass is 31.2. The maximum atomic E-state index is 13.7. The smallest absolute Gasteiger partial charge is 0.403 e. The summed E-state index contributed by atoms with van der Waals surface area (Å²) in [4.78, 5) is 4.01. The highest BCUT2D eigenvalue weighted by Gasteiger charge is 2.37. The first-order valence-electron chi connectivity index (χ1n) is 9.58. The van der Waals surface area contributed by atoms with E-state index >= 15 is 0 Å². The first kappa shape index (κ1) is 22.3. The molecule has 0 saturated heterocycles. The Kier molecular flexibility index (Phi) is 7.13. The van der Waals surface area contributed by atoms with Gasteiger partial charge in [-0.1, -0.05) is 34.6 Å². The number of phenolic OH excluding ortho intramolecular Hbond substituents is 1. The molecule has 2 N–H and O–H groups in total. The molecule has 1 heterocycles. The van der Waals surface area contributed by atoms with Crippen molar-refractivity contribution in [2.45, 2.75) is 65.5 Å². The molecule has 0 radical (unpaired) electrons. The maximum absolute atomic E-state index is 13.7. The molecule has 6 nitrogen and oxygen atoms in total. The summed E-state index contributed by atoms with van der Waals surface area (Å²) in [5, 5.41) is 10.4. The van der Waals surface area contributed by atoms with Crippen LogP contribution in [0.15, 0.2) is 36.7 Å². The van der Waals surface area contributed by atoms with E-state index < -0.39 is 7.60 Å². The molecule has 1 aromatic carbocycles. The van der Waals surface area contributed by atoms with Crippen LogP contribution >= 0.6 is 7.60 Å². The molecule has 1 unspecified atom stereocenters. The zero-order chi connectivity index (χ0) is 20.9. The monoisotopic (exact) mass is 406 g/mol. The lowest BCUT2D eigenvalue weighted by molar-refractivity contribution is 0.303. The number of phenols is 1. The second-order valence-corrected chi connectivity index (χ2v) is 10.1. The average Bonchev–Trinajstić information content (AvgIpc) is 2.64. The fraction of sp³-hybridized carbons (Fsp3) is 0.476. The van der Waals surface area contributed by atoms with Gasteiger partial charge in [-0.25, -0.2) is 4.57 Å². The number of nitrogens with one attached hydrogen (secondary N) is 1. The quantitative estimate of drug-likeness (QED) is 0.401. The molecular weight excluding hydrogens is 375 g/mol. The van der Waals surface area contributed by atoms with Crippen LogP contribution in [0.3, 0.4) is 0 Å². The zero-order valence-corrected chi connectivity index (χ0v) is 18.4. The second-order valence-electron chi connectivity index (χ2n) is 7.92. The van der Waals surface area contributed by atoms with Crippen LogP contribution in [0.25, 0.3) is 0 Å². The molecule has 0 aliphatic heterocycles. The van der Waals surface area contributed by atoms with Crippen LogP contribution < -0.4 is 10.0 Å². The van der Waals surface area contributed by atoms with Crippen molar-refractivity contribution in [1.29, 1.82) is 0 Å². The van der Waals surface area contributed by atoms with Crippen molar-refractivity contribution in [2.75, 3.05) is 5.48 Å². The Morgan fingerprint density at radius 3 is 2.46 bits per heavy atom. The van der Waals surface area contributed by atoms with Gasteiger partial charge in [0.1, 0.15) is 11.5 Å². The van der Waals surface area contributed by atoms with E-state index in [4.69, 9.17) is 9.15 Å². The van der Waals surface area contributed by atoms with Gasteiger partial charge in [0.25, 0.3) is 0 Å². The third-order valence-corrected chi connectivity index (χ3v) is 7.09. The van der Waals surface area contributed by atoms with Crippen LogP contribution in [0.1, 0.15) is 58.6 Å². The maximum Gasteiger partial charge on any atom is 0.403 e. The summed E-state index contributed by atoms with van der Waals surface area (Å²) >= 11 is 0. The molecule has 0 aliphatic rings. The number of benzene rings is 1. The van der Waals surface area contributed by atoms with E-state index in [1.165, 1.54) is 0 Å². The molecule has 0 saturated carbocycles. The van der Waals surface area contributed by atoms with Gasteiger partial charge in [-0.05, 0) is 55.0 Å². The third kappa shape index (κ3) is 5.27. The summed E-state index contributed by atoms with van der Waals surface area (Å²) in [6, 6.07) is 6.96. The lowest BCUT2D eigenvalue weighted by Crippen LogP contribution is -2.17. The average molecular weight is 406 g/mol. The molecule has 0 spiro atoms. The first-order valence-corrected chi connectivity index (χ1v) is 11.2. The Morgan fingerprint density at radius 2 is 1.93 bits per heavy atom. The van der Waals surface area contributed by atoms with Crippen molar-refractivity contribution in [3.8, 4) is 11.5 Å². The Bertz CT molecular complexity index is 830. The minimum absolute atomic E-state index is 0.228. The van der Waals surface area contributed by atoms with E-state index in [0.29, 0.717) is 29.8 Å². The molecule has 2 aromatic rings. The van der Waals surface area contributed by atoms with E-state index in [-0.39, 0.29) is 16.8 Å². The molecule has 2 rings (SSSR count). The van der Waals surface area contributed by atoms with Crippen LogP contribution in [0.2, 0.25) is 0 Å². The van der Waals surface area contributed by atoms with Gasteiger partial charge in [-0.15, -0.1) is 0 Å². The van der Waals surface area contributed by atoms with Crippen LogP contribution in [0.4, 0.5) is 5.69 Å². The van der Waals surface area contributed by atoms with Crippen LogP contribution in [0.5, 0.6) is 11.5 Å². The summed E-state index contributed by atoms with van der Waals surface area (Å²) < 4.78 is 25.3. The standard InChI is InChI=1S/C21H31N2O4P/c1-7-18(8-2)28(25,27-23-16-10-9-11-22-14-16)26-17-12-15(3)20(24)19(13-17)21(4,5)6/h9-14,18,23-24H,7-8H2,1-6H3. The molecule has 0 amide bonds. The number of anilines is 1. The number of rotatable bonds is 8. The van der Waals surface area contributed by atoms with Gasteiger partial charge in [0.15, 0.2) is 0 Å². The van der Waals surface area contributed by atoms with Crippen LogP contribution in [-0.2, 0) is 14.6 Å². The van der Waals surface area contributed by atoms with E-state index in [1.54, 1.807) is 43.6 Å². The Morgan fingerprint density at radius 1 is 1.25 bits per heavy atom. The van der Waals surface area contributed by atoms with Gasteiger partial charge in [0, 0.05) is 11.8 Å². The number of hydrogen-bond donors (Lipinski definition) is 2. The van der Waals surface area contributed by atoms with E-state index in [0.717, 1.165) is 5.56 Å². The largest absolute Gasteiger partial charge is 0.507 e. The summed E-state index contributed by atoms with van der Waals surface area (Å²) in [7, 11) is -3.54. The van der Waals surface area contributed by atoms with Gasteiger partial charge < -0.3 is 9.63 Å². The highest BCUT2D eigenvalue weighted by Crippen LogP contribution is 2.55. The fourth-order valence-corrected chi connectivity index (χ4v) is 4.82. The first-order chi connectivity index (χ1) is 13.1.